The fourth-order valence-electron chi connectivity index (χ4n) is 5.68. The molecule has 4 heterocycles. The van der Waals surface area contributed by atoms with Crippen molar-refractivity contribution >= 4 is 34.3 Å². The van der Waals surface area contributed by atoms with Crippen LogP contribution >= 0.6 is 0 Å². The fourth-order valence-corrected chi connectivity index (χ4v) is 5.68. The maximum Gasteiger partial charge on any atom is 0.238 e. The third-order valence-corrected chi connectivity index (χ3v) is 7.99. The minimum absolute atomic E-state index is 0.0284. The van der Waals surface area contributed by atoms with Gasteiger partial charge in [0.25, 0.3) is 0 Å². The van der Waals surface area contributed by atoms with Gasteiger partial charge in [0.15, 0.2) is 0 Å². The zero-order valence-electron chi connectivity index (χ0n) is 24.3. The summed E-state index contributed by atoms with van der Waals surface area (Å²) >= 11 is 0. The van der Waals surface area contributed by atoms with E-state index in [2.05, 4.69) is 62.0 Å². The van der Waals surface area contributed by atoms with Crippen molar-refractivity contribution in [1.82, 2.24) is 19.4 Å². The highest BCUT2D eigenvalue weighted by Crippen LogP contribution is 2.22. The maximum atomic E-state index is 12.9. The van der Waals surface area contributed by atoms with Gasteiger partial charge in [-0.3, -0.25) is 9.69 Å². The number of fused-ring (bicyclic) bond motifs is 1. The number of benzene rings is 1. The van der Waals surface area contributed by atoms with Gasteiger partial charge in [-0.05, 0) is 37.6 Å². The molecule has 3 aromatic rings. The number of rotatable bonds is 12. The molecule has 0 bridgehead atoms. The molecule has 1 amide bonds. The first-order valence-corrected chi connectivity index (χ1v) is 15.1. The number of nitrogens with one attached hydrogen (secondary N) is 1. The van der Waals surface area contributed by atoms with Crippen LogP contribution in [0.3, 0.4) is 0 Å². The number of piperazine rings is 1. The van der Waals surface area contributed by atoms with Crippen molar-refractivity contribution in [3.05, 3.63) is 42.2 Å². The van der Waals surface area contributed by atoms with Crippen molar-refractivity contribution in [2.75, 3.05) is 74.1 Å². The summed E-state index contributed by atoms with van der Waals surface area (Å²) in [5.74, 6) is 1.78. The molecule has 2 aliphatic heterocycles. The number of amides is 1. The summed E-state index contributed by atoms with van der Waals surface area (Å²) in [7, 11) is 0. The van der Waals surface area contributed by atoms with Gasteiger partial charge in [-0.15, -0.1) is 0 Å². The third-order valence-electron chi connectivity index (χ3n) is 7.99. The lowest BCUT2D eigenvalue weighted by Crippen LogP contribution is -2.49. The minimum Gasteiger partial charge on any atom is -0.378 e. The molecule has 0 saturated carbocycles. The van der Waals surface area contributed by atoms with Crippen LogP contribution in [0, 0.1) is 6.92 Å². The monoisotopic (exact) mass is 547 g/mol. The van der Waals surface area contributed by atoms with Crippen LogP contribution in [0.1, 0.15) is 51.1 Å². The quantitative estimate of drug-likeness (QED) is 0.330. The molecule has 40 heavy (non-hydrogen) atoms. The Balaban J connectivity index is 1.09. The number of hydrogen-bond donors (Lipinski definition) is 1. The van der Waals surface area contributed by atoms with Crippen molar-refractivity contribution in [1.29, 1.82) is 0 Å². The first-order valence-electron chi connectivity index (χ1n) is 15.1. The Morgan fingerprint density at radius 2 is 1.68 bits per heavy atom. The average molecular weight is 548 g/mol. The number of morpholine rings is 1. The number of nitrogens with zero attached hydrogens (tertiary/aromatic N) is 6. The Labute approximate surface area is 238 Å². The van der Waals surface area contributed by atoms with E-state index in [-0.39, 0.29) is 5.91 Å². The second-order valence-electron chi connectivity index (χ2n) is 11.1. The summed E-state index contributed by atoms with van der Waals surface area (Å²) in [6.07, 6.45) is 9.98. The molecule has 1 aromatic carbocycles. The molecular formula is C31H45N7O2. The number of ether oxygens (including phenoxy) is 1. The van der Waals surface area contributed by atoms with E-state index in [1.54, 1.807) is 0 Å². The van der Waals surface area contributed by atoms with Gasteiger partial charge in [0.1, 0.15) is 5.82 Å². The van der Waals surface area contributed by atoms with Gasteiger partial charge in [0, 0.05) is 80.4 Å². The van der Waals surface area contributed by atoms with Gasteiger partial charge in [0.05, 0.1) is 19.8 Å². The number of anilines is 3. The standard InChI is InChI=1S/C31H45N7O2/c1-3-4-5-6-7-8-12-36-13-11-26-23-27(9-10-28(26)36)33-30(39)24-35-14-16-38(17-15-35)31-32-25(2)22-29(34-31)37-18-20-40-21-19-37/h9-11,13,22-23H,3-8,12,14-21,24H2,1-2H3,(H,33,39). The van der Waals surface area contributed by atoms with Gasteiger partial charge in [-0.1, -0.05) is 39.0 Å². The molecule has 2 aliphatic rings. The molecule has 216 valence electrons. The van der Waals surface area contributed by atoms with Crippen molar-refractivity contribution in [3.8, 4) is 0 Å². The van der Waals surface area contributed by atoms with E-state index in [0.717, 1.165) is 82.2 Å². The van der Waals surface area contributed by atoms with Crippen LogP contribution in [0.5, 0.6) is 0 Å². The smallest absolute Gasteiger partial charge is 0.238 e. The Kier molecular flexibility index (Phi) is 9.89. The SMILES string of the molecule is CCCCCCCCn1ccc2cc(NC(=O)CN3CCN(c4nc(C)cc(N5CCOCC5)n4)CC3)ccc21. The normalized spacial score (nSPS) is 16.6. The first-order chi connectivity index (χ1) is 19.6. The molecule has 5 rings (SSSR count). The highest BCUT2D eigenvalue weighted by Gasteiger charge is 2.22. The Bertz CT molecular complexity index is 1250. The number of aryl methyl sites for hydroxylation is 2. The summed E-state index contributed by atoms with van der Waals surface area (Å²) < 4.78 is 7.82. The van der Waals surface area contributed by atoms with Gasteiger partial charge in [-0.25, -0.2) is 4.98 Å². The number of carbonyl (C=O) groups is 1. The lowest BCUT2D eigenvalue weighted by Gasteiger charge is -2.35. The van der Waals surface area contributed by atoms with E-state index in [0.29, 0.717) is 6.54 Å². The molecule has 0 atom stereocenters. The molecule has 2 aromatic heterocycles. The van der Waals surface area contributed by atoms with Crippen LogP contribution in [-0.2, 0) is 16.1 Å². The van der Waals surface area contributed by atoms with E-state index in [9.17, 15) is 4.79 Å². The first kappa shape index (κ1) is 28.4. The fraction of sp³-hybridized carbons (Fsp3) is 0.581. The maximum absolute atomic E-state index is 12.9. The van der Waals surface area contributed by atoms with Gasteiger partial charge in [0.2, 0.25) is 11.9 Å². The molecule has 0 unspecified atom stereocenters. The molecule has 0 radical (unpaired) electrons. The molecule has 0 aliphatic carbocycles. The second-order valence-corrected chi connectivity index (χ2v) is 11.1. The van der Waals surface area contributed by atoms with Crippen LogP contribution in [0.2, 0.25) is 0 Å². The molecular weight excluding hydrogens is 502 g/mol. The van der Waals surface area contributed by atoms with Crippen LogP contribution in [0.25, 0.3) is 10.9 Å². The van der Waals surface area contributed by atoms with Gasteiger partial charge >= 0.3 is 0 Å². The van der Waals surface area contributed by atoms with Crippen LogP contribution < -0.4 is 15.1 Å². The van der Waals surface area contributed by atoms with Crippen LogP contribution in [0.4, 0.5) is 17.5 Å². The Hall–Kier alpha value is -3.17. The van der Waals surface area contributed by atoms with E-state index >= 15 is 0 Å². The number of aromatic nitrogens is 3. The lowest BCUT2D eigenvalue weighted by molar-refractivity contribution is -0.117. The highest BCUT2D eigenvalue weighted by atomic mass is 16.5. The van der Waals surface area contributed by atoms with Crippen LogP contribution in [-0.4, -0.2) is 84.4 Å². The Morgan fingerprint density at radius 3 is 2.48 bits per heavy atom. The van der Waals surface area contributed by atoms with Gasteiger partial charge < -0.3 is 24.4 Å². The minimum atomic E-state index is 0.0284. The van der Waals surface area contributed by atoms with Crippen LogP contribution in [0.15, 0.2) is 36.5 Å². The van der Waals surface area contributed by atoms with E-state index in [4.69, 9.17) is 14.7 Å². The zero-order valence-corrected chi connectivity index (χ0v) is 24.3. The summed E-state index contributed by atoms with van der Waals surface area (Å²) in [5, 5.41) is 4.29. The Morgan fingerprint density at radius 1 is 0.900 bits per heavy atom. The molecule has 1 N–H and O–H groups in total. The molecule has 2 fully saturated rings. The molecule has 2 saturated heterocycles. The predicted octanol–water partition coefficient (Wildman–Crippen LogP) is 4.70. The highest BCUT2D eigenvalue weighted by molar-refractivity contribution is 5.95. The molecule has 9 nitrogen and oxygen atoms in total. The number of unbranched alkanes of at least 4 members (excludes halogenated alkanes) is 5. The summed E-state index contributed by atoms with van der Waals surface area (Å²) in [6, 6.07) is 10.4. The zero-order chi connectivity index (χ0) is 27.7. The lowest BCUT2D eigenvalue weighted by atomic mass is 10.1. The van der Waals surface area contributed by atoms with E-state index in [1.807, 2.05) is 13.0 Å². The summed E-state index contributed by atoms with van der Waals surface area (Å²) in [5.41, 5.74) is 3.07. The largest absolute Gasteiger partial charge is 0.378 e. The summed E-state index contributed by atoms with van der Waals surface area (Å²) in [6.45, 7) is 12.1. The summed E-state index contributed by atoms with van der Waals surface area (Å²) in [4.78, 5) is 29.2. The molecule has 0 spiro atoms. The van der Waals surface area contributed by atoms with Crippen molar-refractivity contribution in [2.24, 2.45) is 0 Å². The van der Waals surface area contributed by atoms with E-state index < -0.39 is 0 Å². The van der Waals surface area contributed by atoms with E-state index in [1.165, 1.54) is 49.4 Å². The number of carbonyl (C=O) groups excluding carboxylic acids is 1. The van der Waals surface area contributed by atoms with Crippen molar-refractivity contribution in [3.63, 3.8) is 0 Å². The predicted molar refractivity (Wildman–Crippen MR) is 162 cm³/mol. The molecule has 9 heteroatoms. The topological polar surface area (TPSA) is 78.8 Å². The second kappa shape index (κ2) is 13.9. The third kappa shape index (κ3) is 7.52. The van der Waals surface area contributed by atoms with Gasteiger partial charge in [-0.2, -0.15) is 4.98 Å². The van der Waals surface area contributed by atoms with Crippen molar-refractivity contribution in [2.45, 2.75) is 58.9 Å². The number of hydrogen-bond acceptors (Lipinski definition) is 7. The average Bonchev–Trinajstić information content (AvgIpc) is 3.37. The van der Waals surface area contributed by atoms with Crippen molar-refractivity contribution < 1.29 is 9.53 Å².